The molecular weight excluding hydrogens is 224 g/mol. The topological polar surface area (TPSA) is 33.2 Å². The van der Waals surface area contributed by atoms with Crippen LogP contribution in [0.2, 0.25) is 5.15 Å². The number of halogens is 1. The summed E-state index contributed by atoms with van der Waals surface area (Å²) < 4.78 is 0. The van der Waals surface area contributed by atoms with Gasteiger partial charge >= 0.3 is 0 Å². The molecule has 0 bridgehead atoms. The molecule has 1 saturated carbocycles. The predicted molar refractivity (Wildman–Crippen MR) is 61.7 cm³/mol. The van der Waals surface area contributed by atoms with Crippen molar-refractivity contribution in [1.29, 1.82) is 0 Å². The molecule has 3 nitrogen and oxygen atoms in total. The highest BCUT2D eigenvalue weighted by Crippen LogP contribution is 2.32. The third kappa shape index (κ3) is 1.50. The minimum Gasteiger partial charge on any atom is -0.335 e. The zero-order valence-electron chi connectivity index (χ0n) is 9.16. The fourth-order valence-corrected chi connectivity index (χ4v) is 2.64. The van der Waals surface area contributed by atoms with Crippen LogP contribution in [-0.4, -0.2) is 28.4 Å². The highest BCUT2D eigenvalue weighted by atomic mass is 35.5. The number of aryl methyl sites for hydroxylation is 1. The molecule has 1 fully saturated rings. The van der Waals surface area contributed by atoms with Crippen LogP contribution in [0.15, 0.2) is 6.07 Å². The molecular formula is C12H13ClN2O. The second-order valence-electron chi connectivity index (χ2n) is 4.56. The molecule has 0 N–H and O–H groups in total. The summed E-state index contributed by atoms with van der Waals surface area (Å²) in [5.74, 6) is 0.144. The fraction of sp³-hybridized carbons (Fsp3) is 0.500. The summed E-state index contributed by atoms with van der Waals surface area (Å²) in [5, 5.41) is 0.490. The Morgan fingerprint density at radius 1 is 1.50 bits per heavy atom. The van der Waals surface area contributed by atoms with Gasteiger partial charge in [-0.25, -0.2) is 4.98 Å². The lowest BCUT2D eigenvalue weighted by atomic mass is 10.00. The van der Waals surface area contributed by atoms with Gasteiger partial charge in [0, 0.05) is 19.0 Å². The van der Waals surface area contributed by atoms with E-state index in [1.807, 2.05) is 11.8 Å². The van der Waals surface area contributed by atoms with Gasteiger partial charge in [0.1, 0.15) is 5.15 Å². The van der Waals surface area contributed by atoms with Gasteiger partial charge in [0.05, 0.1) is 11.3 Å². The Bertz CT molecular complexity index is 468. The van der Waals surface area contributed by atoms with E-state index < -0.39 is 0 Å². The van der Waals surface area contributed by atoms with Crippen molar-refractivity contribution in [3.8, 4) is 0 Å². The lowest BCUT2D eigenvalue weighted by Gasteiger charge is -2.29. The fourth-order valence-electron chi connectivity index (χ4n) is 2.37. The van der Waals surface area contributed by atoms with Crippen molar-refractivity contribution >= 4 is 17.5 Å². The molecule has 4 heteroatoms. The van der Waals surface area contributed by atoms with Crippen LogP contribution < -0.4 is 0 Å². The van der Waals surface area contributed by atoms with Gasteiger partial charge in [-0.3, -0.25) is 4.79 Å². The van der Waals surface area contributed by atoms with E-state index in [1.54, 1.807) is 6.07 Å². The summed E-state index contributed by atoms with van der Waals surface area (Å²) in [6, 6.07) is 2.25. The summed E-state index contributed by atoms with van der Waals surface area (Å²) in [5.41, 5.74) is 2.60. The molecule has 1 aliphatic carbocycles. The molecule has 2 heterocycles. The molecule has 0 aromatic carbocycles. The zero-order chi connectivity index (χ0) is 11.3. The van der Waals surface area contributed by atoms with Crippen molar-refractivity contribution in [3.63, 3.8) is 0 Å². The first-order valence-electron chi connectivity index (χ1n) is 5.64. The first-order chi connectivity index (χ1) is 7.66. The van der Waals surface area contributed by atoms with Crippen LogP contribution in [0.3, 0.4) is 0 Å². The van der Waals surface area contributed by atoms with Crippen molar-refractivity contribution < 1.29 is 4.79 Å². The number of carbonyl (C=O) groups is 1. The van der Waals surface area contributed by atoms with Gasteiger partial charge < -0.3 is 4.90 Å². The monoisotopic (exact) mass is 236 g/mol. The summed E-state index contributed by atoms with van der Waals surface area (Å²) in [6.07, 6.45) is 3.14. The SMILES string of the molecule is Cc1cc(Cl)nc2c1C(=O)N(C1CC1)CC2. The van der Waals surface area contributed by atoms with Crippen molar-refractivity contribution in [1.82, 2.24) is 9.88 Å². The summed E-state index contributed by atoms with van der Waals surface area (Å²) in [6.45, 7) is 2.73. The molecule has 16 heavy (non-hydrogen) atoms. The minimum absolute atomic E-state index is 0.144. The molecule has 0 atom stereocenters. The number of nitrogens with zero attached hydrogens (tertiary/aromatic N) is 2. The van der Waals surface area contributed by atoms with Crippen LogP contribution in [0.1, 0.15) is 34.5 Å². The second-order valence-corrected chi connectivity index (χ2v) is 4.95. The number of aromatic nitrogens is 1. The maximum absolute atomic E-state index is 12.3. The van der Waals surface area contributed by atoms with Crippen LogP contribution >= 0.6 is 11.6 Å². The molecule has 0 unspecified atom stereocenters. The Morgan fingerprint density at radius 3 is 2.94 bits per heavy atom. The molecule has 2 aliphatic rings. The number of amides is 1. The lowest BCUT2D eigenvalue weighted by molar-refractivity contribution is 0.0724. The molecule has 1 amide bonds. The summed E-state index contributed by atoms with van der Waals surface area (Å²) in [7, 11) is 0. The third-order valence-corrected chi connectivity index (χ3v) is 3.51. The number of pyridine rings is 1. The van der Waals surface area contributed by atoms with E-state index in [0.717, 1.165) is 42.6 Å². The Kier molecular flexibility index (Phi) is 2.18. The first-order valence-corrected chi connectivity index (χ1v) is 6.01. The maximum atomic E-state index is 12.3. The van der Waals surface area contributed by atoms with Gasteiger partial charge in [-0.05, 0) is 31.4 Å². The minimum atomic E-state index is 0.144. The van der Waals surface area contributed by atoms with Crippen LogP contribution in [-0.2, 0) is 6.42 Å². The molecule has 84 valence electrons. The maximum Gasteiger partial charge on any atom is 0.256 e. The van der Waals surface area contributed by atoms with E-state index in [2.05, 4.69) is 4.98 Å². The van der Waals surface area contributed by atoms with Crippen molar-refractivity contribution in [2.75, 3.05) is 6.54 Å². The average molecular weight is 237 g/mol. The second kappa shape index (κ2) is 3.45. The van der Waals surface area contributed by atoms with Crippen LogP contribution in [0.5, 0.6) is 0 Å². The normalized spacial score (nSPS) is 19.9. The Hall–Kier alpha value is -1.09. The molecule has 1 aliphatic heterocycles. The molecule has 0 saturated heterocycles. The van der Waals surface area contributed by atoms with Gasteiger partial charge in [0.25, 0.3) is 5.91 Å². The highest BCUT2D eigenvalue weighted by Gasteiger charge is 2.37. The Labute approximate surface area is 99.4 Å². The van der Waals surface area contributed by atoms with E-state index in [1.165, 1.54) is 0 Å². The summed E-state index contributed by atoms with van der Waals surface area (Å²) in [4.78, 5) is 18.5. The van der Waals surface area contributed by atoms with Crippen molar-refractivity contribution in [3.05, 3.63) is 28.0 Å². The number of fused-ring (bicyclic) bond motifs is 1. The molecule has 0 spiro atoms. The number of carbonyl (C=O) groups excluding carboxylic acids is 1. The number of rotatable bonds is 1. The molecule has 1 aromatic rings. The van der Waals surface area contributed by atoms with Crippen molar-refractivity contribution in [2.24, 2.45) is 0 Å². The van der Waals surface area contributed by atoms with E-state index in [4.69, 9.17) is 11.6 Å². The van der Waals surface area contributed by atoms with Crippen LogP contribution in [0.25, 0.3) is 0 Å². The van der Waals surface area contributed by atoms with E-state index in [-0.39, 0.29) is 5.91 Å². The lowest BCUT2D eigenvalue weighted by Crippen LogP contribution is -2.40. The van der Waals surface area contributed by atoms with Crippen LogP contribution in [0, 0.1) is 6.92 Å². The van der Waals surface area contributed by atoms with Crippen LogP contribution in [0.4, 0.5) is 0 Å². The molecule has 1 aromatic heterocycles. The van der Waals surface area contributed by atoms with E-state index in [9.17, 15) is 4.79 Å². The van der Waals surface area contributed by atoms with E-state index in [0.29, 0.717) is 11.2 Å². The summed E-state index contributed by atoms with van der Waals surface area (Å²) >= 11 is 5.90. The number of hydrogen-bond acceptors (Lipinski definition) is 2. The standard InChI is InChI=1S/C12H13ClN2O/c1-7-6-10(13)14-9-4-5-15(8-2-3-8)12(16)11(7)9/h6,8H,2-5H2,1H3. The van der Waals surface area contributed by atoms with Gasteiger partial charge in [0.15, 0.2) is 0 Å². The highest BCUT2D eigenvalue weighted by molar-refractivity contribution is 6.29. The quantitative estimate of drug-likeness (QED) is 0.701. The van der Waals surface area contributed by atoms with Crippen molar-refractivity contribution in [2.45, 2.75) is 32.2 Å². The predicted octanol–water partition coefficient (Wildman–Crippen LogP) is 2.20. The molecule has 3 rings (SSSR count). The number of hydrogen-bond donors (Lipinski definition) is 0. The smallest absolute Gasteiger partial charge is 0.256 e. The van der Waals surface area contributed by atoms with Gasteiger partial charge in [-0.2, -0.15) is 0 Å². The largest absolute Gasteiger partial charge is 0.335 e. The third-order valence-electron chi connectivity index (χ3n) is 3.31. The van der Waals surface area contributed by atoms with Gasteiger partial charge in [0.2, 0.25) is 0 Å². The zero-order valence-corrected chi connectivity index (χ0v) is 9.92. The Morgan fingerprint density at radius 2 is 2.25 bits per heavy atom. The molecule has 0 radical (unpaired) electrons. The van der Waals surface area contributed by atoms with Gasteiger partial charge in [-0.1, -0.05) is 11.6 Å². The van der Waals surface area contributed by atoms with E-state index >= 15 is 0 Å². The van der Waals surface area contributed by atoms with Gasteiger partial charge in [-0.15, -0.1) is 0 Å². The first kappa shape index (κ1) is 10.1. The average Bonchev–Trinajstić information content (AvgIpc) is 3.00. The Balaban J connectivity index is 2.05.